The summed E-state index contributed by atoms with van der Waals surface area (Å²) in [6.07, 6.45) is 2.00. The van der Waals surface area contributed by atoms with Crippen LogP contribution in [0.4, 0.5) is 5.69 Å². The number of benzene rings is 1. The first-order chi connectivity index (χ1) is 15.0. The van der Waals surface area contributed by atoms with E-state index >= 15 is 0 Å². The van der Waals surface area contributed by atoms with Crippen molar-refractivity contribution >= 4 is 33.4 Å². The van der Waals surface area contributed by atoms with Crippen molar-refractivity contribution < 1.29 is 18.7 Å². The standard InChI is InChI=1S/C23H28BrN3O4/c1-25(23(29)20-6-7-21(24)31-20)19-5-3-2-4-18(19)22(28)27-10-8-17(9-11-27)16-26-12-14-30-15-13-26/h2-7,17H,8-16H2,1H3. The van der Waals surface area contributed by atoms with Crippen molar-refractivity contribution in [2.45, 2.75) is 12.8 Å². The molecule has 4 rings (SSSR count). The van der Waals surface area contributed by atoms with Gasteiger partial charge < -0.3 is 19.0 Å². The molecule has 1 aromatic carbocycles. The minimum absolute atomic E-state index is 0.0271. The van der Waals surface area contributed by atoms with Gasteiger partial charge in [0.1, 0.15) is 0 Å². The maximum absolute atomic E-state index is 13.3. The number of hydrogen-bond acceptors (Lipinski definition) is 5. The van der Waals surface area contributed by atoms with Crippen molar-refractivity contribution in [3.63, 3.8) is 0 Å². The van der Waals surface area contributed by atoms with Crippen LogP contribution in [0, 0.1) is 5.92 Å². The Bertz CT molecular complexity index is 917. The number of carbonyl (C=O) groups is 2. The van der Waals surface area contributed by atoms with Gasteiger partial charge in [-0.15, -0.1) is 0 Å². The molecule has 2 saturated heterocycles. The molecule has 2 aromatic rings. The van der Waals surface area contributed by atoms with Crippen LogP contribution in [-0.4, -0.2) is 74.6 Å². The van der Waals surface area contributed by atoms with E-state index in [0.717, 1.165) is 58.8 Å². The van der Waals surface area contributed by atoms with E-state index in [1.165, 1.54) is 4.90 Å². The Morgan fingerprint density at radius 2 is 1.77 bits per heavy atom. The molecule has 1 aromatic heterocycles. The number of nitrogens with zero attached hydrogens (tertiary/aromatic N) is 3. The van der Waals surface area contributed by atoms with Crippen LogP contribution in [0.2, 0.25) is 0 Å². The van der Waals surface area contributed by atoms with Crippen LogP contribution >= 0.6 is 15.9 Å². The van der Waals surface area contributed by atoms with Gasteiger partial charge in [0.2, 0.25) is 0 Å². The molecule has 0 unspecified atom stereocenters. The average molecular weight is 490 g/mol. The predicted molar refractivity (Wildman–Crippen MR) is 121 cm³/mol. The SMILES string of the molecule is CN(C(=O)c1ccc(Br)o1)c1ccccc1C(=O)N1CCC(CN2CCOCC2)CC1. The predicted octanol–water partition coefficient (Wildman–Crippen LogP) is 3.50. The van der Waals surface area contributed by atoms with E-state index < -0.39 is 0 Å². The first-order valence-electron chi connectivity index (χ1n) is 10.7. The molecule has 0 aliphatic carbocycles. The Morgan fingerprint density at radius 1 is 1.06 bits per heavy atom. The zero-order chi connectivity index (χ0) is 21.8. The number of ether oxygens (including phenoxy) is 1. The van der Waals surface area contributed by atoms with Gasteiger partial charge in [-0.1, -0.05) is 12.1 Å². The van der Waals surface area contributed by atoms with Crippen molar-refractivity contribution in [1.82, 2.24) is 9.80 Å². The lowest BCUT2D eigenvalue weighted by Crippen LogP contribution is -2.44. The highest BCUT2D eigenvalue weighted by atomic mass is 79.9. The molecule has 0 spiro atoms. The minimum Gasteiger partial charge on any atom is -0.444 e. The number of rotatable bonds is 5. The minimum atomic E-state index is -0.296. The molecular formula is C23H28BrN3O4. The third kappa shape index (κ3) is 5.19. The van der Waals surface area contributed by atoms with Gasteiger partial charge >= 0.3 is 0 Å². The number of anilines is 1. The maximum Gasteiger partial charge on any atom is 0.293 e. The Labute approximate surface area is 191 Å². The van der Waals surface area contributed by atoms with Gasteiger partial charge in [-0.2, -0.15) is 0 Å². The molecule has 8 heteroatoms. The molecule has 2 aliphatic rings. The van der Waals surface area contributed by atoms with Crippen molar-refractivity contribution in [3.8, 4) is 0 Å². The zero-order valence-electron chi connectivity index (χ0n) is 17.8. The van der Waals surface area contributed by atoms with Crippen molar-refractivity contribution in [2.75, 3.05) is 57.9 Å². The Kier molecular flexibility index (Phi) is 7.09. The molecule has 2 fully saturated rings. The summed E-state index contributed by atoms with van der Waals surface area (Å²) in [7, 11) is 1.67. The lowest BCUT2D eigenvalue weighted by atomic mass is 9.95. The first kappa shape index (κ1) is 22.0. The van der Waals surface area contributed by atoms with Crippen LogP contribution in [0.3, 0.4) is 0 Å². The summed E-state index contributed by atoms with van der Waals surface area (Å²) < 4.78 is 11.3. The fourth-order valence-corrected chi connectivity index (χ4v) is 4.60. The van der Waals surface area contributed by atoms with Crippen molar-refractivity contribution in [1.29, 1.82) is 0 Å². The van der Waals surface area contributed by atoms with Gasteiger partial charge in [-0.05, 0) is 59.0 Å². The van der Waals surface area contributed by atoms with Crippen LogP contribution in [-0.2, 0) is 4.74 Å². The molecule has 0 bridgehead atoms. The van der Waals surface area contributed by atoms with Gasteiger partial charge in [0, 0.05) is 39.8 Å². The van der Waals surface area contributed by atoms with Gasteiger partial charge in [0.25, 0.3) is 11.8 Å². The zero-order valence-corrected chi connectivity index (χ0v) is 19.3. The van der Waals surface area contributed by atoms with Crippen LogP contribution in [0.5, 0.6) is 0 Å². The van der Waals surface area contributed by atoms with E-state index in [4.69, 9.17) is 9.15 Å². The summed E-state index contributed by atoms with van der Waals surface area (Å²) in [5.41, 5.74) is 1.12. The number of carbonyl (C=O) groups excluding carboxylic acids is 2. The Hall–Kier alpha value is -2.16. The Balaban J connectivity index is 1.40. The molecule has 7 nitrogen and oxygen atoms in total. The van der Waals surface area contributed by atoms with Gasteiger partial charge in [-0.3, -0.25) is 14.5 Å². The van der Waals surface area contributed by atoms with Crippen molar-refractivity contribution in [2.24, 2.45) is 5.92 Å². The van der Waals surface area contributed by atoms with E-state index in [0.29, 0.717) is 21.8 Å². The number of piperidine rings is 1. The number of likely N-dealkylation sites (tertiary alicyclic amines) is 1. The molecule has 2 aliphatic heterocycles. The summed E-state index contributed by atoms with van der Waals surface area (Å²) in [6.45, 7) is 6.19. The smallest absolute Gasteiger partial charge is 0.293 e. The first-order valence-corrected chi connectivity index (χ1v) is 11.5. The van der Waals surface area contributed by atoms with E-state index in [1.807, 2.05) is 17.0 Å². The highest BCUT2D eigenvalue weighted by molar-refractivity contribution is 9.10. The molecule has 0 N–H and O–H groups in total. The summed E-state index contributed by atoms with van der Waals surface area (Å²) in [5.74, 6) is 0.510. The van der Waals surface area contributed by atoms with Crippen LogP contribution in [0.1, 0.15) is 33.8 Å². The van der Waals surface area contributed by atoms with Gasteiger partial charge in [0.05, 0.1) is 24.5 Å². The van der Waals surface area contributed by atoms with Gasteiger partial charge in [-0.25, -0.2) is 0 Å². The number of amides is 2. The highest BCUT2D eigenvalue weighted by Gasteiger charge is 2.28. The van der Waals surface area contributed by atoms with Gasteiger partial charge in [0.15, 0.2) is 10.4 Å². The van der Waals surface area contributed by atoms with Crippen LogP contribution < -0.4 is 4.90 Å². The number of hydrogen-bond donors (Lipinski definition) is 0. The second-order valence-corrected chi connectivity index (χ2v) is 8.92. The molecule has 0 atom stereocenters. The third-order valence-electron chi connectivity index (χ3n) is 6.11. The molecule has 0 saturated carbocycles. The summed E-state index contributed by atoms with van der Waals surface area (Å²) in [6, 6.07) is 10.6. The fourth-order valence-electron chi connectivity index (χ4n) is 4.29. The summed E-state index contributed by atoms with van der Waals surface area (Å²) in [4.78, 5) is 32.0. The van der Waals surface area contributed by atoms with E-state index in [1.54, 1.807) is 31.3 Å². The third-order valence-corrected chi connectivity index (χ3v) is 6.53. The highest BCUT2D eigenvalue weighted by Crippen LogP contribution is 2.26. The Morgan fingerprint density at radius 3 is 2.45 bits per heavy atom. The van der Waals surface area contributed by atoms with E-state index in [9.17, 15) is 9.59 Å². The largest absolute Gasteiger partial charge is 0.444 e. The van der Waals surface area contributed by atoms with E-state index in [2.05, 4.69) is 20.8 Å². The molecule has 3 heterocycles. The monoisotopic (exact) mass is 489 g/mol. The number of para-hydroxylation sites is 1. The summed E-state index contributed by atoms with van der Waals surface area (Å²) in [5, 5.41) is 0. The molecule has 166 valence electrons. The number of morpholine rings is 1. The quantitative estimate of drug-likeness (QED) is 0.642. The van der Waals surface area contributed by atoms with Crippen LogP contribution in [0.25, 0.3) is 0 Å². The van der Waals surface area contributed by atoms with Crippen molar-refractivity contribution in [3.05, 3.63) is 52.4 Å². The maximum atomic E-state index is 13.3. The topological polar surface area (TPSA) is 66.2 Å². The normalized spacial score (nSPS) is 18.2. The number of halogens is 1. The molecule has 31 heavy (non-hydrogen) atoms. The van der Waals surface area contributed by atoms with E-state index in [-0.39, 0.29) is 17.6 Å². The lowest BCUT2D eigenvalue weighted by Gasteiger charge is -2.36. The average Bonchev–Trinajstić information content (AvgIpc) is 3.25. The van der Waals surface area contributed by atoms with Crippen LogP contribution in [0.15, 0.2) is 45.5 Å². The fraction of sp³-hybridized carbons (Fsp3) is 0.478. The lowest BCUT2D eigenvalue weighted by molar-refractivity contribution is 0.0243. The molecule has 2 amide bonds. The molecular weight excluding hydrogens is 462 g/mol. The summed E-state index contributed by atoms with van der Waals surface area (Å²) >= 11 is 3.22. The second kappa shape index (κ2) is 9.97. The second-order valence-electron chi connectivity index (χ2n) is 8.13. The number of furan rings is 1. The molecule has 0 radical (unpaired) electrons.